The second-order valence-corrected chi connectivity index (χ2v) is 5.64. The van der Waals surface area contributed by atoms with Gasteiger partial charge in [-0.25, -0.2) is 0 Å². The molecule has 2 amide bonds. The Kier molecular flexibility index (Phi) is 4.18. The van der Waals surface area contributed by atoms with E-state index in [1.807, 2.05) is 0 Å². The summed E-state index contributed by atoms with van der Waals surface area (Å²) >= 11 is 0. The standard InChI is InChI=1S/C16H18N2O5/c1-22-16(21)10-4-6-18(7-5-10)15(20)11-2-3-13-12(8-11)17-14(19)9-23-13/h2-3,8,10H,4-7,9H2,1H3,(H,17,19). The van der Waals surface area contributed by atoms with E-state index in [1.54, 1.807) is 23.1 Å². The lowest BCUT2D eigenvalue weighted by Crippen LogP contribution is -2.40. The van der Waals surface area contributed by atoms with Gasteiger partial charge >= 0.3 is 5.97 Å². The molecule has 2 heterocycles. The predicted molar refractivity (Wildman–Crippen MR) is 81.2 cm³/mol. The van der Waals surface area contributed by atoms with Gasteiger partial charge in [-0.2, -0.15) is 0 Å². The van der Waals surface area contributed by atoms with Crippen molar-refractivity contribution in [2.24, 2.45) is 5.92 Å². The van der Waals surface area contributed by atoms with Crippen LogP contribution in [-0.2, 0) is 14.3 Å². The molecule has 0 bridgehead atoms. The average Bonchev–Trinajstić information content (AvgIpc) is 2.59. The summed E-state index contributed by atoms with van der Waals surface area (Å²) in [5.74, 6) is -0.145. The third-order valence-corrected chi connectivity index (χ3v) is 4.18. The highest BCUT2D eigenvalue weighted by molar-refractivity contribution is 6.00. The first-order valence-electron chi connectivity index (χ1n) is 7.52. The number of ether oxygens (including phenoxy) is 2. The van der Waals surface area contributed by atoms with Gasteiger partial charge in [0, 0.05) is 18.7 Å². The molecule has 1 fully saturated rings. The van der Waals surface area contributed by atoms with Crippen LogP contribution in [0, 0.1) is 5.92 Å². The van der Waals surface area contributed by atoms with E-state index < -0.39 is 0 Å². The largest absolute Gasteiger partial charge is 0.482 e. The van der Waals surface area contributed by atoms with Crippen molar-refractivity contribution in [3.63, 3.8) is 0 Å². The highest BCUT2D eigenvalue weighted by atomic mass is 16.5. The summed E-state index contributed by atoms with van der Waals surface area (Å²) in [6, 6.07) is 5.00. The van der Waals surface area contributed by atoms with Crippen molar-refractivity contribution < 1.29 is 23.9 Å². The van der Waals surface area contributed by atoms with Crippen molar-refractivity contribution in [1.82, 2.24) is 4.90 Å². The Morgan fingerprint density at radius 1 is 1.30 bits per heavy atom. The molecule has 1 aromatic carbocycles. The first-order valence-corrected chi connectivity index (χ1v) is 7.52. The van der Waals surface area contributed by atoms with Crippen molar-refractivity contribution >= 4 is 23.5 Å². The fraction of sp³-hybridized carbons (Fsp3) is 0.438. The highest BCUT2D eigenvalue weighted by Crippen LogP contribution is 2.29. The molecule has 1 saturated heterocycles. The smallest absolute Gasteiger partial charge is 0.308 e. The summed E-state index contributed by atoms with van der Waals surface area (Å²) in [5.41, 5.74) is 1.00. The van der Waals surface area contributed by atoms with Crippen molar-refractivity contribution in [1.29, 1.82) is 0 Å². The van der Waals surface area contributed by atoms with Crippen LogP contribution in [0.2, 0.25) is 0 Å². The minimum absolute atomic E-state index is 0.0126. The molecule has 0 unspecified atom stereocenters. The van der Waals surface area contributed by atoms with Gasteiger partial charge < -0.3 is 19.7 Å². The lowest BCUT2D eigenvalue weighted by Gasteiger charge is -2.31. The Morgan fingerprint density at radius 2 is 2.04 bits per heavy atom. The van der Waals surface area contributed by atoms with Gasteiger partial charge in [-0.1, -0.05) is 0 Å². The summed E-state index contributed by atoms with van der Waals surface area (Å²) in [6.07, 6.45) is 1.20. The molecular weight excluding hydrogens is 300 g/mol. The van der Waals surface area contributed by atoms with Gasteiger partial charge in [0.15, 0.2) is 6.61 Å². The molecule has 1 aromatic rings. The van der Waals surface area contributed by atoms with Gasteiger partial charge in [0.2, 0.25) is 0 Å². The van der Waals surface area contributed by atoms with Crippen molar-refractivity contribution in [3.8, 4) is 5.75 Å². The van der Waals surface area contributed by atoms with Crippen LogP contribution in [0.1, 0.15) is 23.2 Å². The third-order valence-electron chi connectivity index (χ3n) is 4.18. The Morgan fingerprint density at radius 3 is 2.74 bits per heavy atom. The minimum Gasteiger partial charge on any atom is -0.482 e. The number of anilines is 1. The molecule has 0 radical (unpaired) electrons. The number of benzene rings is 1. The number of nitrogens with one attached hydrogen (secondary N) is 1. The van der Waals surface area contributed by atoms with Crippen LogP contribution in [0.25, 0.3) is 0 Å². The summed E-state index contributed by atoms with van der Waals surface area (Å²) < 4.78 is 10.0. The Balaban J connectivity index is 1.68. The second kappa shape index (κ2) is 6.28. The van der Waals surface area contributed by atoms with Gasteiger partial charge in [0.1, 0.15) is 5.75 Å². The van der Waals surface area contributed by atoms with Crippen LogP contribution in [-0.4, -0.2) is 49.5 Å². The monoisotopic (exact) mass is 318 g/mol. The molecule has 2 aliphatic heterocycles. The number of carbonyl (C=O) groups is 3. The van der Waals surface area contributed by atoms with E-state index in [0.717, 1.165) is 0 Å². The summed E-state index contributed by atoms with van der Waals surface area (Å²) in [6.45, 7) is 1.01. The molecule has 0 aromatic heterocycles. The number of nitrogens with zero attached hydrogens (tertiary/aromatic N) is 1. The zero-order valence-corrected chi connectivity index (χ0v) is 12.8. The number of amides is 2. The molecule has 23 heavy (non-hydrogen) atoms. The highest BCUT2D eigenvalue weighted by Gasteiger charge is 2.29. The molecule has 122 valence electrons. The number of hydrogen-bond acceptors (Lipinski definition) is 5. The van der Waals surface area contributed by atoms with E-state index in [9.17, 15) is 14.4 Å². The van der Waals surface area contributed by atoms with Crippen LogP contribution < -0.4 is 10.1 Å². The molecule has 2 aliphatic rings. The fourth-order valence-corrected chi connectivity index (χ4v) is 2.88. The lowest BCUT2D eigenvalue weighted by atomic mass is 9.96. The number of esters is 1. The van der Waals surface area contributed by atoms with Crippen molar-refractivity contribution in [2.75, 3.05) is 32.1 Å². The van der Waals surface area contributed by atoms with E-state index >= 15 is 0 Å². The summed E-state index contributed by atoms with van der Waals surface area (Å²) in [7, 11) is 1.38. The van der Waals surface area contributed by atoms with Crippen LogP contribution in [0.3, 0.4) is 0 Å². The van der Waals surface area contributed by atoms with Crippen LogP contribution in [0.5, 0.6) is 5.75 Å². The van der Waals surface area contributed by atoms with Crippen LogP contribution in [0.15, 0.2) is 18.2 Å². The van der Waals surface area contributed by atoms with E-state index in [0.29, 0.717) is 42.9 Å². The first kappa shape index (κ1) is 15.3. The number of hydrogen-bond donors (Lipinski definition) is 1. The quantitative estimate of drug-likeness (QED) is 0.824. The minimum atomic E-state index is -0.235. The topological polar surface area (TPSA) is 84.9 Å². The average molecular weight is 318 g/mol. The molecule has 0 saturated carbocycles. The number of piperidine rings is 1. The number of carbonyl (C=O) groups excluding carboxylic acids is 3. The number of rotatable bonds is 2. The maximum atomic E-state index is 12.6. The van der Waals surface area contributed by atoms with Gasteiger partial charge in [0.05, 0.1) is 18.7 Å². The molecular formula is C16H18N2O5. The summed E-state index contributed by atoms with van der Waals surface area (Å²) in [4.78, 5) is 37.2. The van der Waals surface area contributed by atoms with Gasteiger partial charge in [0.25, 0.3) is 11.8 Å². The van der Waals surface area contributed by atoms with Crippen molar-refractivity contribution in [3.05, 3.63) is 23.8 Å². The van der Waals surface area contributed by atoms with E-state index in [2.05, 4.69) is 5.32 Å². The SMILES string of the molecule is COC(=O)C1CCN(C(=O)c2ccc3c(c2)NC(=O)CO3)CC1. The number of fused-ring (bicyclic) bond motifs is 1. The van der Waals surface area contributed by atoms with Gasteiger partial charge in [-0.05, 0) is 31.0 Å². The molecule has 0 spiro atoms. The Bertz CT molecular complexity index is 650. The van der Waals surface area contributed by atoms with Gasteiger partial charge in [-0.15, -0.1) is 0 Å². The predicted octanol–water partition coefficient (Wildman–Crippen LogP) is 1.04. The third kappa shape index (κ3) is 3.13. The van der Waals surface area contributed by atoms with E-state index in [-0.39, 0.29) is 30.3 Å². The first-order chi connectivity index (χ1) is 11.1. The number of methoxy groups -OCH3 is 1. The molecule has 3 rings (SSSR count). The Labute approximate surface area is 133 Å². The molecule has 0 atom stereocenters. The van der Waals surface area contributed by atoms with Crippen LogP contribution >= 0.6 is 0 Å². The van der Waals surface area contributed by atoms with Crippen molar-refractivity contribution in [2.45, 2.75) is 12.8 Å². The zero-order valence-electron chi connectivity index (χ0n) is 12.8. The maximum Gasteiger partial charge on any atom is 0.308 e. The van der Waals surface area contributed by atoms with E-state index in [1.165, 1.54) is 7.11 Å². The molecule has 7 nitrogen and oxygen atoms in total. The molecule has 7 heteroatoms. The zero-order chi connectivity index (χ0) is 16.4. The fourth-order valence-electron chi connectivity index (χ4n) is 2.88. The second-order valence-electron chi connectivity index (χ2n) is 5.64. The lowest BCUT2D eigenvalue weighted by molar-refractivity contribution is -0.146. The van der Waals surface area contributed by atoms with Crippen LogP contribution in [0.4, 0.5) is 5.69 Å². The summed E-state index contributed by atoms with van der Waals surface area (Å²) in [5, 5.41) is 2.69. The molecule has 1 N–H and O–H groups in total. The number of likely N-dealkylation sites (tertiary alicyclic amines) is 1. The Hall–Kier alpha value is -2.57. The molecule has 0 aliphatic carbocycles. The normalized spacial score (nSPS) is 17.8. The van der Waals surface area contributed by atoms with Gasteiger partial charge in [-0.3, -0.25) is 14.4 Å². The van der Waals surface area contributed by atoms with E-state index in [4.69, 9.17) is 9.47 Å². The maximum absolute atomic E-state index is 12.6.